The minimum atomic E-state index is 0.593. The van der Waals surface area contributed by atoms with Crippen molar-refractivity contribution in [1.82, 2.24) is 15.0 Å². The largest absolute Gasteiger partial charge is 0.456 e. The lowest BCUT2D eigenvalue weighted by atomic mass is 9.95. The first-order chi connectivity index (χ1) is 26.2. The van der Waals surface area contributed by atoms with Crippen molar-refractivity contribution in [2.75, 3.05) is 0 Å². The van der Waals surface area contributed by atoms with Gasteiger partial charge in [-0.3, -0.25) is 0 Å². The van der Waals surface area contributed by atoms with Crippen molar-refractivity contribution < 1.29 is 4.42 Å². The Morgan fingerprint density at radius 3 is 1.42 bits per heavy atom. The number of hydrogen-bond donors (Lipinski definition) is 0. The minimum absolute atomic E-state index is 0.593. The van der Waals surface area contributed by atoms with Gasteiger partial charge in [0.25, 0.3) is 0 Å². The molecule has 0 atom stereocenters. The van der Waals surface area contributed by atoms with Crippen molar-refractivity contribution >= 4 is 32.7 Å². The highest BCUT2D eigenvalue weighted by atomic mass is 16.3. The highest BCUT2D eigenvalue weighted by molar-refractivity contribution is 6.17. The predicted molar refractivity (Wildman–Crippen MR) is 217 cm³/mol. The highest BCUT2D eigenvalue weighted by Gasteiger charge is 2.20. The Hall–Kier alpha value is -7.17. The molecule has 0 amide bonds. The maximum atomic E-state index is 6.51. The van der Waals surface area contributed by atoms with Crippen LogP contribution in [0.3, 0.4) is 0 Å². The third kappa shape index (κ3) is 5.63. The van der Waals surface area contributed by atoms with Crippen LogP contribution in [-0.2, 0) is 0 Å². The molecule has 2 aromatic heterocycles. The van der Waals surface area contributed by atoms with Gasteiger partial charge in [0.05, 0.1) is 0 Å². The van der Waals surface area contributed by atoms with Gasteiger partial charge in [-0.15, -0.1) is 0 Å². The molecule has 0 aliphatic rings. The fourth-order valence-electron chi connectivity index (χ4n) is 7.29. The molecule has 0 saturated heterocycles. The molecular formula is C49H31N3O. The van der Waals surface area contributed by atoms with E-state index in [1.807, 2.05) is 54.6 Å². The lowest BCUT2D eigenvalue weighted by Crippen LogP contribution is -2.00. The van der Waals surface area contributed by atoms with E-state index in [2.05, 4.69) is 133 Å². The van der Waals surface area contributed by atoms with E-state index in [0.717, 1.165) is 55.3 Å². The number of aromatic nitrogens is 3. The SMILES string of the molecule is c1ccc(-c2ccc(-c3cccc4oc5cccc(-c6nc(-c7ccccc7)nc(-c7ccc(-c8ccc9ccccc9c8)cc7)n6)c5c34)cc2)cc1. The maximum Gasteiger partial charge on any atom is 0.164 e. The van der Waals surface area contributed by atoms with E-state index in [-0.39, 0.29) is 0 Å². The lowest BCUT2D eigenvalue weighted by molar-refractivity contribution is 0.669. The molecular weight excluding hydrogens is 647 g/mol. The lowest BCUT2D eigenvalue weighted by Gasteiger charge is -2.11. The zero-order valence-corrected chi connectivity index (χ0v) is 28.6. The third-order valence-corrected chi connectivity index (χ3v) is 9.96. The number of hydrogen-bond acceptors (Lipinski definition) is 4. The second kappa shape index (κ2) is 12.9. The first-order valence-corrected chi connectivity index (χ1v) is 17.8. The van der Waals surface area contributed by atoms with E-state index >= 15 is 0 Å². The van der Waals surface area contributed by atoms with Crippen molar-refractivity contribution in [2.45, 2.75) is 0 Å². The molecule has 0 N–H and O–H groups in total. The van der Waals surface area contributed by atoms with E-state index in [4.69, 9.17) is 19.4 Å². The summed E-state index contributed by atoms with van der Waals surface area (Å²) in [5, 5.41) is 4.46. The van der Waals surface area contributed by atoms with Gasteiger partial charge >= 0.3 is 0 Å². The standard InChI is InChI=1S/C49H31N3O/c1-3-11-32(12-4-1)34-21-26-36(27-22-34)41-17-9-19-43-45(41)46-42(18-10-20-44(46)53-43)49-51-47(37-14-5-2-6-15-37)50-48(52-49)38-28-23-35(24-29-38)40-30-25-33-13-7-8-16-39(33)31-40/h1-31H. The van der Waals surface area contributed by atoms with Gasteiger partial charge in [0.15, 0.2) is 17.5 Å². The van der Waals surface area contributed by atoms with Gasteiger partial charge in [-0.1, -0.05) is 170 Å². The molecule has 0 aliphatic carbocycles. The molecule has 10 rings (SSSR count). The first kappa shape index (κ1) is 30.6. The second-order valence-electron chi connectivity index (χ2n) is 13.2. The number of nitrogens with zero attached hydrogens (tertiary/aromatic N) is 3. The molecule has 0 radical (unpaired) electrons. The predicted octanol–water partition coefficient (Wildman–Crippen LogP) is 12.9. The van der Waals surface area contributed by atoms with Crippen LogP contribution in [0.5, 0.6) is 0 Å². The third-order valence-electron chi connectivity index (χ3n) is 9.96. The van der Waals surface area contributed by atoms with Crippen LogP contribution in [0, 0.1) is 0 Å². The second-order valence-corrected chi connectivity index (χ2v) is 13.2. The van der Waals surface area contributed by atoms with Crippen molar-refractivity contribution in [3.05, 3.63) is 188 Å². The van der Waals surface area contributed by atoms with Crippen molar-refractivity contribution in [1.29, 1.82) is 0 Å². The monoisotopic (exact) mass is 677 g/mol. The quantitative estimate of drug-likeness (QED) is 0.176. The zero-order chi connectivity index (χ0) is 35.1. The summed E-state index contributed by atoms with van der Waals surface area (Å²) in [7, 11) is 0. The number of furan rings is 1. The zero-order valence-electron chi connectivity index (χ0n) is 28.6. The summed E-state index contributed by atoms with van der Waals surface area (Å²) < 4.78 is 6.51. The molecule has 0 bridgehead atoms. The Bertz CT molecular complexity index is 2910. The van der Waals surface area contributed by atoms with Gasteiger partial charge in [-0.2, -0.15) is 0 Å². The Labute approximate surface area is 306 Å². The van der Waals surface area contributed by atoms with Gasteiger partial charge in [-0.05, 0) is 62.4 Å². The normalized spacial score (nSPS) is 11.4. The summed E-state index contributed by atoms with van der Waals surface area (Å²) >= 11 is 0. The van der Waals surface area contributed by atoms with Gasteiger partial charge in [0.2, 0.25) is 0 Å². The van der Waals surface area contributed by atoms with Gasteiger partial charge < -0.3 is 4.42 Å². The summed E-state index contributed by atoms with van der Waals surface area (Å²) in [4.78, 5) is 15.3. The summed E-state index contributed by atoms with van der Waals surface area (Å²) in [6.45, 7) is 0. The van der Waals surface area contributed by atoms with Crippen molar-refractivity contribution in [3.8, 4) is 67.5 Å². The topological polar surface area (TPSA) is 51.8 Å². The Morgan fingerprint density at radius 2 is 0.736 bits per heavy atom. The first-order valence-electron chi connectivity index (χ1n) is 17.8. The fourth-order valence-corrected chi connectivity index (χ4v) is 7.29. The van der Waals surface area contributed by atoms with Crippen LogP contribution < -0.4 is 0 Å². The number of benzene rings is 8. The molecule has 0 unspecified atom stereocenters. The summed E-state index contributed by atoms with van der Waals surface area (Å²) in [6.07, 6.45) is 0. The van der Waals surface area contributed by atoms with Gasteiger partial charge in [0.1, 0.15) is 11.2 Å². The maximum absolute atomic E-state index is 6.51. The summed E-state index contributed by atoms with van der Waals surface area (Å²) in [5.41, 5.74) is 11.2. The number of rotatable bonds is 6. The fraction of sp³-hybridized carbons (Fsp3) is 0. The summed E-state index contributed by atoms with van der Waals surface area (Å²) in [6, 6.07) is 65.2. The van der Waals surface area contributed by atoms with Crippen LogP contribution >= 0.6 is 0 Å². The van der Waals surface area contributed by atoms with E-state index < -0.39 is 0 Å². The van der Waals surface area contributed by atoms with E-state index in [1.54, 1.807) is 0 Å². The van der Waals surface area contributed by atoms with Crippen LogP contribution in [0.25, 0.3) is 100 Å². The van der Waals surface area contributed by atoms with Crippen molar-refractivity contribution in [2.24, 2.45) is 0 Å². The smallest absolute Gasteiger partial charge is 0.164 e. The highest BCUT2D eigenvalue weighted by Crippen LogP contribution is 2.41. The average molecular weight is 678 g/mol. The summed E-state index contributed by atoms with van der Waals surface area (Å²) in [5.74, 6) is 1.82. The number of fused-ring (bicyclic) bond motifs is 4. The van der Waals surface area contributed by atoms with Gasteiger partial charge in [0, 0.05) is 27.5 Å². The van der Waals surface area contributed by atoms with Crippen LogP contribution in [0.4, 0.5) is 0 Å². The molecule has 0 saturated carbocycles. The van der Waals surface area contributed by atoms with Crippen LogP contribution in [0.15, 0.2) is 192 Å². The molecule has 53 heavy (non-hydrogen) atoms. The van der Waals surface area contributed by atoms with E-state index in [0.29, 0.717) is 17.5 Å². The molecule has 0 aliphatic heterocycles. The van der Waals surface area contributed by atoms with E-state index in [1.165, 1.54) is 27.5 Å². The van der Waals surface area contributed by atoms with Crippen LogP contribution in [-0.4, -0.2) is 15.0 Å². The molecule has 248 valence electrons. The average Bonchev–Trinajstić information content (AvgIpc) is 3.63. The van der Waals surface area contributed by atoms with Gasteiger partial charge in [-0.25, -0.2) is 15.0 Å². The van der Waals surface area contributed by atoms with Crippen LogP contribution in [0.2, 0.25) is 0 Å². The minimum Gasteiger partial charge on any atom is -0.456 e. The molecule has 4 nitrogen and oxygen atoms in total. The molecule has 2 heterocycles. The Balaban J connectivity index is 1.11. The molecule has 4 heteroatoms. The molecule has 10 aromatic rings. The molecule has 0 spiro atoms. The van der Waals surface area contributed by atoms with Crippen molar-refractivity contribution in [3.63, 3.8) is 0 Å². The molecule has 8 aromatic carbocycles. The van der Waals surface area contributed by atoms with Crippen LogP contribution in [0.1, 0.15) is 0 Å². The Kier molecular flexibility index (Phi) is 7.43. The van der Waals surface area contributed by atoms with E-state index in [9.17, 15) is 0 Å². The Morgan fingerprint density at radius 1 is 0.283 bits per heavy atom. The molecule has 0 fully saturated rings.